The van der Waals surface area contributed by atoms with Crippen LogP contribution in [0.1, 0.15) is 31.6 Å². The summed E-state index contributed by atoms with van der Waals surface area (Å²) in [6.45, 7) is 5.07. The van der Waals surface area contributed by atoms with Gasteiger partial charge in [0.05, 0.1) is 22.9 Å². The zero-order valence-corrected chi connectivity index (χ0v) is 11.1. The van der Waals surface area contributed by atoms with Crippen molar-refractivity contribution in [2.24, 2.45) is 0 Å². The number of hydrogen-bond donors (Lipinski definition) is 0. The van der Waals surface area contributed by atoms with Gasteiger partial charge in [0.2, 0.25) is 0 Å². The maximum Gasteiger partial charge on any atom is 0.266 e. The predicted octanol–water partition coefficient (Wildman–Crippen LogP) is 2.31. The number of amides is 1. The van der Waals surface area contributed by atoms with Gasteiger partial charge in [-0.2, -0.15) is 0 Å². The summed E-state index contributed by atoms with van der Waals surface area (Å²) in [6, 6.07) is 3.94. The summed E-state index contributed by atoms with van der Waals surface area (Å²) < 4.78 is 0. The quantitative estimate of drug-likeness (QED) is 0.789. The van der Waals surface area contributed by atoms with Crippen LogP contribution in [0.4, 0.5) is 0 Å². The average Bonchev–Trinajstić information content (AvgIpc) is 2.91. The van der Waals surface area contributed by atoms with Gasteiger partial charge in [0.25, 0.3) is 5.91 Å². The standard InChI is InChI=1S/C13H13N3OS/c1-8-12(18-9(2)15-8)13(17)16-6-10-4-3-5-14-11(10)7-16/h3-5H,6-7H2,1-2H3. The minimum atomic E-state index is 0.0658. The fourth-order valence-electron chi connectivity index (χ4n) is 2.22. The van der Waals surface area contributed by atoms with Gasteiger partial charge in [-0.25, -0.2) is 4.98 Å². The SMILES string of the molecule is Cc1nc(C)c(C(=O)N2Cc3cccnc3C2)s1. The molecule has 92 valence electrons. The van der Waals surface area contributed by atoms with Crippen molar-refractivity contribution < 1.29 is 4.79 Å². The van der Waals surface area contributed by atoms with Crippen LogP contribution in [0, 0.1) is 13.8 Å². The molecule has 0 aliphatic carbocycles. The summed E-state index contributed by atoms with van der Waals surface area (Å²) in [5.74, 6) is 0.0658. The van der Waals surface area contributed by atoms with Gasteiger partial charge in [0.15, 0.2) is 0 Å². The molecule has 18 heavy (non-hydrogen) atoms. The molecule has 5 heteroatoms. The molecule has 0 atom stereocenters. The predicted molar refractivity (Wildman–Crippen MR) is 69.4 cm³/mol. The van der Waals surface area contributed by atoms with E-state index in [4.69, 9.17) is 0 Å². The van der Waals surface area contributed by atoms with Gasteiger partial charge < -0.3 is 4.90 Å². The lowest BCUT2D eigenvalue weighted by atomic mass is 10.2. The van der Waals surface area contributed by atoms with E-state index in [1.165, 1.54) is 11.3 Å². The van der Waals surface area contributed by atoms with Crippen molar-refractivity contribution in [3.8, 4) is 0 Å². The summed E-state index contributed by atoms with van der Waals surface area (Å²) in [4.78, 5) is 23.6. The van der Waals surface area contributed by atoms with E-state index in [-0.39, 0.29) is 5.91 Å². The summed E-state index contributed by atoms with van der Waals surface area (Å²) in [7, 11) is 0. The largest absolute Gasteiger partial charge is 0.328 e. The fraction of sp³-hybridized carbons (Fsp3) is 0.308. The zero-order chi connectivity index (χ0) is 12.7. The Morgan fingerprint density at radius 2 is 2.22 bits per heavy atom. The smallest absolute Gasteiger partial charge is 0.266 e. The van der Waals surface area contributed by atoms with E-state index in [9.17, 15) is 4.79 Å². The molecular weight excluding hydrogens is 246 g/mol. The van der Waals surface area contributed by atoms with Crippen LogP contribution in [-0.2, 0) is 13.1 Å². The molecule has 0 radical (unpaired) electrons. The number of carbonyl (C=O) groups excluding carboxylic acids is 1. The fourth-order valence-corrected chi connectivity index (χ4v) is 3.10. The van der Waals surface area contributed by atoms with E-state index in [0.717, 1.165) is 26.8 Å². The van der Waals surface area contributed by atoms with Gasteiger partial charge in [-0.3, -0.25) is 9.78 Å². The van der Waals surface area contributed by atoms with Crippen LogP contribution in [0.5, 0.6) is 0 Å². The number of aromatic nitrogens is 2. The van der Waals surface area contributed by atoms with E-state index >= 15 is 0 Å². The third kappa shape index (κ3) is 1.80. The first kappa shape index (κ1) is 11.3. The Bertz CT molecular complexity index is 595. The molecule has 0 bridgehead atoms. The first-order valence-electron chi connectivity index (χ1n) is 5.81. The second-order valence-corrected chi connectivity index (χ2v) is 5.62. The highest BCUT2D eigenvalue weighted by Crippen LogP contribution is 2.25. The van der Waals surface area contributed by atoms with Crippen molar-refractivity contribution >= 4 is 17.2 Å². The number of fused-ring (bicyclic) bond motifs is 1. The highest BCUT2D eigenvalue weighted by atomic mass is 32.1. The maximum absolute atomic E-state index is 12.4. The maximum atomic E-state index is 12.4. The summed E-state index contributed by atoms with van der Waals surface area (Å²) >= 11 is 1.47. The number of carbonyl (C=O) groups is 1. The van der Waals surface area contributed by atoms with Crippen LogP contribution in [-0.4, -0.2) is 20.8 Å². The van der Waals surface area contributed by atoms with Crippen LogP contribution in [0.3, 0.4) is 0 Å². The Balaban J connectivity index is 1.87. The number of rotatable bonds is 1. The normalized spacial score (nSPS) is 13.8. The number of thiazole rings is 1. The first-order valence-corrected chi connectivity index (χ1v) is 6.63. The number of aryl methyl sites for hydroxylation is 2. The molecule has 2 aromatic heterocycles. The van der Waals surface area contributed by atoms with Crippen molar-refractivity contribution in [1.29, 1.82) is 0 Å². The summed E-state index contributed by atoms with van der Waals surface area (Å²) in [6.07, 6.45) is 1.77. The van der Waals surface area contributed by atoms with Crippen LogP contribution in [0.2, 0.25) is 0 Å². The summed E-state index contributed by atoms with van der Waals surface area (Å²) in [5.41, 5.74) is 2.97. The lowest BCUT2D eigenvalue weighted by Gasteiger charge is -2.13. The van der Waals surface area contributed by atoms with Crippen molar-refractivity contribution in [1.82, 2.24) is 14.9 Å². The van der Waals surface area contributed by atoms with Crippen LogP contribution in [0.25, 0.3) is 0 Å². The molecule has 3 rings (SSSR count). The molecule has 0 spiro atoms. The van der Waals surface area contributed by atoms with Crippen molar-refractivity contribution in [2.45, 2.75) is 26.9 Å². The minimum Gasteiger partial charge on any atom is -0.328 e. The van der Waals surface area contributed by atoms with Crippen molar-refractivity contribution in [2.75, 3.05) is 0 Å². The Morgan fingerprint density at radius 3 is 2.89 bits per heavy atom. The van der Waals surface area contributed by atoms with Gasteiger partial charge in [0.1, 0.15) is 4.88 Å². The molecule has 0 saturated carbocycles. The van der Waals surface area contributed by atoms with Crippen LogP contribution < -0.4 is 0 Å². The Kier molecular flexibility index (Phi) is 2.63. The second-order valence-electron chi connectivity index (χ2n) is 4.42. The Labute approximate surface area is 109 Å². The number of nitrogens with zero attached hydrogens (tertiary/aromatic N) is 3. The van der Waals surface area contributed by atoms with E-state index in [1.54, 1.807) is 6.20 Å². The lowest BCUT2D eigenvalue weighted by molar-refractivity contribution is 0.0754. The van der Waals surface area contributed by atoms with E-state index in [1.807, 2.05) is 30.9 Å². The molecule has 0 saturated heterocycles. The number of hydrogen-bond acceptors (Lipinski definition) is 4. The molecule has 3 heterocycles. The first-order chi connectivity index (χ1) is 8.65. The molecular formula is C13H13N3OS. The van der Waals surface area contributed by atoms with Gasteiger partial charge >= 0.3 is 0 Å². The molecule has 2 aromatic rings. The third-order valence-corrected chi connectivity index (χ3v) is 4.13. The van der Waals surface area contributed by atoms with Gasteiger partial charge in [0, 0.05) is 12.7 Å². The molecule has 0 aromatic carbocycles. The summed E-state index contributed by atoms with van der Waals surface area (Å²) in [5, 5.41) is 0.936. The average molecular weight is 259 g/mol. The molecule has 1 amide bonds. The Morgan fingerprint density at radius 1 is 1.39 bits per heavy atom. The van der Waals surface area contributed by atoms with Gasteiger partial charge in [-0.1, -0.05) is 6.07 Å². The number of pyridine rings is 1. The topological polar surface area (TPSA) is 46.1 Å². The monoisotopic (exact) mass is 259 g/mol. The van der Waals surface area contributed by atoms with Crippen LogP contribution in [0.15, 0.2) is 18.3 Å². The zero-order valence-electron chi connectivity index (χ0n) is 10.3. The second kappa shape index (κ2) is 4.17. The molecule has 0 unspecified atom stereocenters. The molecule has 1 aliphatic heterocycles. The molecule has 0 fully saturated rings. The van der Waals surface area contributed by atoms with E-state index in [0.29, 0.717) is 13.1 Å². The molecule has 1 aliphatic rings. The third-order valence-electron chi connectivity index (χ3n) is 3.07. The molecule has 0 N–H and O–H groups in total. The highest BCUT2D eigenvalue weighted by Gasteiger charge is 2.27. The highest BCUT2D eigenvalue weighted by molar-refractivity contribution is 7.13. The molecule has 4 nitrogen and oxygen atoms in total. The van der Waals surface area contributed by atoms with E-state index in [2.05, 4.69) is 9.97 Å². The Hall–Kier alpha value is -1.75. The van der Waals surface area contributed by atoms with Crippen LogP contribution >= 0.6 is 11.3 Å². The van der Waals surface area contributed by atoms with Crippen molar-refractivity contribution in [3.05, 3.63) is 45.2 Å². The van der Waals surface area contributed by atoms with Crippen molar-refractivity contribution in [3.63, 3.8) is 0 Å². The lowest BCUT2D eigenvalue weighted by Crippen LogP contribution is -2.25. The van der Waals surface area contributed by atoms with Gasteiger partial charge in [-0.15, -0.1) is 11.3 Å². The van der Waals surface area contributed by atoms with E-state index < -0.39 is 0 Å². The minimum absolute atomic E-state index is 0.0658. The van der Waals surface area contributed by atoms with Gasteiger partial charge in [-0.05, 0) is 25.5 Å².